The molecule has 0 aliphatic heterocycles. The highest BCUT2D eigenvalue weighted by Gasteiger charge is 2.07. The maximum Gasteiger partial charge on any atom is 0.308 e. The summed E-state index contributed by atoms with van der Waals surface area (Å²) in [4.78, 5) is 23.0. The van der Waals surface area contributed by atoms with Gasteiger partial charge in [0.1, 0.15) is 5.82 Å². The molecule has 0 heterocycles. The van der Waals surface area contributed by atoms with E-state index in [1.54, 1.807) is 30.3 Å². The van der Waals surface area contributed by atoms with Gasteiger partial charge in [-0.2, -0.15) is 0 Å². The summed E-state index contributed by atoms with van der Waals surface area (Å²) in [6, 6.07) is 10.5. The summed E-state index contributed by atoms with van der Waals surface area (Å²) in [6.07, 6.45) is 2.84. The lowest BCUT2D eigenvalue weighted by Gasteiger charge is -2.08. The van der Waals surface area contributed by atoms with E-state index in [0.717, 1.165) is 0 Å². The van der Waals surface area contributed by atoms with Gasteiger partial charge < -0.3 is 14.8 Å². The van der Waals surface area contributed by atoms with E-state index in [1.165, 1.54) is 38.3 Å². The van der Waals surface area contributed by atoms with Crippen LogP contribution >= 0.6 is 0 Å². The van der Waals surface area contributed by atoms with Crippen LogP contribution in [0.3, 0.4) is 0 Å². The molecular weight excluding hydrogens is 313 g/mol. The van der Waals surface area contributed by atoms with Crippen LogP contribution in [0.25, 0.3) is 6.08 Å². The molecule has 0 atom stereocenters. The van der Waals surface area contributed by atoms with Crippen molar-refractivity contribution < 1.29 is 23.5 Å². The summed E-state index contributed by atoms with van der Waals surface area (Å²) in [7, 11) is 1.46. The quantitative estimate of drug-likeness (QED) is 0.519. The molecule has 1 N–H and O–H groups in total. The van der Waals surface area contributed by atoms with Gasteiger partial charge in [0.25, 0.3) is 0 Å². The Morgan fingerprint density at radius 3 is 2.58 bits per heavy atom. The predicted octanol–water partition coefficient (Wildman–Crippen LogP) is 3.41. The Morgan fingerprint density at radius 1 is 1.12 bits per heavy atom. The average molecular weight is 329 g/mol. The molecule has 0 spiro atoms. The van der Waals surface area contributed by atoms with Gasteiger partial charge in [-0.05, 0) is 42.0 Å². The Hall–Kier alpha value is -3.15. The third-order valence-electron chi connectivity index (χ3n) is 2.96. The lowest BCUT2D eigenvalue weighted by atomic mass is 10.2. The van der Waals surface area contributed by atoms with Crippen molar-refractivity contribution in [2.24, 2.45) is 0 Å². The van der Waals surface area contributed by atoms with Crippen molar-refractivity contribution in [2.75, 3.05) is 12.4 Å². The number of carbonyl (C=O) groups excluding carboxylic acids is 2. The van der Waals surface area contributed by atoms with Gasteiger partial charge in [0.2, 0.25) is 5.91 Å². The van der Waals surface area contributed by atoms with Crippen molar-refractivity contribution in [3.8, 4) is 11.5 Å². The maximum absolute atomic E-state index is 13.1. The number of amides is 1. The molecule has 0 bridgehead atoms. The van der Waals surface area contributed by atoms with Crippen molar-refractivity contribution in [3.63, 3.8) is 0 Å². The lowest BCUT2D eigenvalue weighted by molar-refractivity contribution is -0.132. The van der Waals surface area contributed by atoms with Gasteiger partial charge in [-0.1, -0.05) is 12.1 Å². The zero-order valence-electron chi connectivity index (χ0n) is 13.2. The van der Waals surface area contributed by atoms with Gasteiger partial charge in [-0.15, -0.1) is 0 Å². The molecule has 5 nitrogen and oxygen atoms in total. The van der Waals surface area contributed by atoms with E-state index >= 15 is 0 Å². The smallest absolute Gasteiger partial charge is 0.308 e. The summed E-state index contributed by atoms with van der Waals surface area (Å²) in [5.74, 6) is -0.647. The van der Waals surface area contributed by atoms with Crippen LogP contribution in [0.5, 0.6) is 11.5 Å². The van der Waals surface area contributed by atoms with Gasteiger partial charge in [-0.25, -0.2) is 4.39 Å². The Labute approximate surface area is 138 Å². The monoisotopic (exact) mass is 329 g/mol. The number of anilines is 1. The van der Waals surface area contributed by atoms with Crippen LogP contribution in [-0.4, -0.2) is 19.0 Å². The number of methoxy groups -OCH3 is 1. The fraction of sp³-hybridized carbons (Fsp3) is 0.111. The summed E-state index contributed by atoms with van der Waals surface area (Å²) in [5.41, 5.74) is 1.00. The summed E-state index contributed by atoms with van der Waals surface area (Å²) < 4.78 is 23.2. The third kappa shape index (κ3) is 4.95. The molecule has 0 saturated carbocycles. The van der Waals surface area contributed by atoms with Crippen LogP contribution in [-0.2, 0) is 9.59 Å². The molecule has 0 aliphatic rings. The first-order chi connectivity index (χ1) is 11.5. The topological polar surface area (TPSA) is 64.6 Å². The van der Waals surface area contributed by atoms with Gasteiger partial charge in [0, 0.05) is 18.7 Å². The second-order valence-corrected chi connectivity index (χ2v) is 4.84. The van der Waals surface area contributed by atoms with Crippen molar-refractivity contribution in [3.05, 3.63) is 59.9 Å². The highest BCUT2D eigenvalue weighted by molar-refractivity contribution is 6.01. The molecule has 2 rings (SSSR count). The highest BCUT2D eigenvalue weighted by Crippen LogP contribution is 2.28. The van der Waals surface area contributed by atoms with Gasteiger partial charge in [-0.3, -0.25) is 9.59 Å². The first-order valence-corrected chi connectivity index (χ1v) is 7.09. The van der Waals surface area contributed by atoms with E-state index in [1.807, 2.05) is 0 Å². The van der Waals surface area contributed by atoms with Gasteiger partial charge in [0.05, 0.1) is 7.11 Å². The van der Waals surface area contributed by atoms with Gasteiger partial charge in [0.15, 0.2) is 11.5 Å². The number of esters is 1. The molecular formula is C18H16FNO4. The van der Waals surface area contributed by atoms with E-state index in [9.17, 15) is 14.0 Å². The Kier molecular flexibility index (Phi) is 5.68. The van der Waals surface area contributed by atoms with Crippen molar-refractivity contribution >= 4 is 23.6 Å². The molecule has 0 saturated heterocycles. The van der Waals surface area contributed by atoms with Crippen molar-refractivity contribution in [1.29, 1.82) is 0 Å². The zero-order chi connectivity index (χ0) is 17.5. The number of ether oxygens (including phenoxy) is 2. The van der Waals surface area contributed by atoms with E-state index in [2.05, 4.69) is 5.32 Å². The van der Waals surface area contributed by atoms with Crippen LogP contribution in [0.1, 0.15) is 12.5 Å². The minimum atomic E-state index is -0.474. The number of halogens is 1. The number of nitrogens with one attached hydrogen (secondary N) is 1. The van der Waals surface area contributed by atoms with Crippen molar-refractivity contribution in [1.82, 2.24) is 0 Å². The number of hydrogen-bond donors (Lipinski definition) is 1. The molecule has 0 fully saturated rings. The second-order valence-electron chi connectivity index (χ2n) is 4.84. The minimum absolute atomic E-state index is 0.262. The third-order valence-corrected chi connectivity index (χ3v) is 2.96. The number of rotatable bonds is 5. The Bertz CT molecular complexity index is 786. The van der Waals surface area contributed by atoms with Crippen molar-refractivity contribution in [2.45, 2.75) is 6.92 Å². The second kappa shape index (κ2) is 7.92. The fourth-order valence-corrected chi connectivity index (χ4v) is 1.95. The molecule has 6 heteroatoms. The molecule has 0 radical (unpaired) electrons. The van der Waals surface area contributed by atoms with E-state index in [-0.39, 0.29) is 5.75 Å². The molecule has 0 aliphatic carbocycles. The number of benzene rings is 2. The highest BCUT2D eigenvalue weighted by atomic mass is 19.1. The zero-order valence-corrected chi connectivity index (χ0v) is 13.2. The summed E-state index contributed by atoms with van der Waals surface area (Å²) in [5, 5.41) is 2.55. The standard InChI is InChI=1S/C18H16FNO4/c1-12(21)24-17-10-13(6-8-16(17)23-2)7-9-18(22)20-15-5-3-4-14(19)11-15/h3-11H,1-2H3,(H,20,22)/b9-7+. The fourth-order valence-electron chi connectivity index (χ4n) is 1.95. The molecule has 1 amide bonds. The average Bonchev–Trinajstić information content (AvgIpc) is 2.52. The van der Waals surface area contributed by atoms with Crippen LogP contribution in [0.2, 0.25) is 0 Å². The van der Waals surface area contributed by atoms with Gasteiger partial charge >= 0.3 is 5.97 Å². The number of hydrogen-bond acceptors (Lipinski definition) is 4. The summed E-state index contributed by atoms with van der Waals surface area (Å²) >= 11 is 0. The predicted molar refractivity (Wildman–Crippen MR) is 88.4 cm³/mol. The van der Waals surface area contributed by atoms with E-state index in [4.69, 9.17) is 9.47 Å². The lowest BCUT2D eigenvalue weighted by Crippen LogP contribution is -2.07. The van der Waals surface area contributed by atoms with Crippen LogP contribution in [0, 0.1) is 5.82 Å². The first kappa shape index (κ1) is 17.2. The summed E-state index contributed by atoms with van der Waals surface area (Å²) in [6.45, 7) is 1.29. The molecule has 2 aromatic carbocycles. The van der Waals surface area contributed by atoms with Crippen LogP contribution < -0.4 is 14.8 Å². The SMILES string of the molecule is COc1ccc(/C=C/C(=O)Nc2cccc(F)c2)cc1OC(C)=O. The van der Waals surface area contributed by atoms with E-state index < -0.39 is 17.7 Å². The van der Waals surface area contributed by atoms with Crippen LogP contribution in [0.4, 0.5) is 10.1 Å². The molecule has 124 valence electrons. The molecule has 2 aromatic rings. The first-order valence-electron chi connectivity index (χ1n) is 7.09. The Morgan fingerprint density at radius 2 is 1.92 bits per heavy atom. The maximum atomic E-state index is 13.1. The largest absolute Gasteiger partial charge is 0.493 e. The Balaban J connectivity index is 2.10. The minimum Gasteiger partial charge on any atom is -0.493 e. The number of carbonyl (C=O) groups is 2. The molecule has 0 aromatic heterocycles. The molecule has 24 heavy (non-hydrogen) atoms. The molecule has 0 unspecified atom stereocenters. The van der Waals surface area contributed by atoms with Crippen LogP contribution in [0.15, 0.2) is 48.5 Å². The normalized spacial score (nSPS) is 10.5. The van der Waals surface area contributed by atoms with E-state index in [0.29, 0.717) is 17.0 Å².